The number of carboxylic acids is 1. The maximum atomic E-state index is 12.4. The maximum absolute atomic E-state index is 12.4. The normalized spacial score (nSPS) is 10.6. The van der Waals surface area contributed by atoms with E-state index in [9.17, 15) is 9.59 Å². The van der Waals surface area contributed by atoms with Gasteiger partial charge in [0, 0.05) is 18.7 Å². The number of carboxylic acid groups (broad SMARTS) is 1. The van der Waals surface area contributed by atoms with Crippen molar-refractivity contribution in [1.82, 2.24) is 4.90 Å². The molecule has 0 radical (unpaired) electrons. The summed E-state index contributed by atoms with van der Waals surface area (Å²) in [5.41, 5.74) is 1.71. The second kappa shape index (κ2) is 7.68. The highest BCUT2D eigenvalue weighted by molar-refractivity contribution is 5.94. The molecule has 1 aromatic rings. The summed E-state index contributed by atoms with van der Waals surface area (Å²) in [6, 6.07) is 7.37. The van der Waals surface area contributed by atoms with Crippen molar-refractivity contribution in [2.24, 2.45) is 5.92 Å². The second-order valence-electron chi connectivity index (χ2n) is 5.48. The zero-order valence-electron chi connectivity index (χ0n) is 12.4. The lowest BCUT2D eigenvalue weighted by atomic mass is 10.1. The van der Waals surface area contributed by atoms with Crippen molar-refractivity contribution >= 4 is 11.9 Å². The number of hydrogen-bond acceptors (Lipinski definition) is 2. The van der Waals surface area contributed by atoms with Crippen molar-refractivity contribution in [3.8, 4) is 0 Å². The molecule has 0 bridgehead atoms. The summed E-state index contributed by atoms with van der Waals surface area (Å²) in [4.78, 5) is 24.8. The van der Waals surface area contributed by atoms with Gasteiger partial charge in [0.1, 0.15) is 0 Å². The minimum absolute atomic E-state index is 0.0182. The van der Waals surface area contributed by atoms with Crippen molar-refractivity contribution in [2.75, 3.05) is 13.1 Å². The summed E-state index contributed by atoms with van der Waals surface area (Å²) >= 11 is 0. The molecule has 1 amide bonds. The molecule has 0 spiro atoms. The van der Waals surface area contributed by atoms with Crippen LogP contribution in [0.3, 0.4) is 0 Å². The van der Waals surface area contributed by atoms with Gasteiger partial charge in [-0.05, 0) is 31.4 Å². The summed E-state index contributed by atoms with van der Waals surface area (Å²) in [6.45, 7) is 7.00. The smallest absolute Gasteiger partial charge is 0.305 e. The molecule has 0 saturated heterocycles. The molecule has 0 aliphatic heterocycles. The summed E-state index contributed by atoms with van der Waals surface area (Å²) in [7, 11) is 0. The number of amides is 1. The van der Waals surface area contributed by atoms with Crippen LogP contribution in [0.25, 0.3) is 0 Å². The van der Waals surface area contributed by atoms with E-state index >= 15 is 0 Å². The molecular formula is C16H23NO3. The highest BCUT2D eigenvalue weighted by Gasteiger charge is 2.16. The third kappa shape index (κ3) is 5.43. The quantitative estimate of drug-likeness (QED) is 0.833. The summed E-state index contributed by atoms with van der Waals surface area (Å²) in [6.07, 6.45) is 0.854. The first kappa shape index (κ1) is 16.2. The van der Waals surface area contributed by atoms with Gasteiger partial charge in [0.2, 0.25) is 0 Å². The Labute approximate surface area is 120 Å². The van der Waals surface area contributed by atoms with Gasteiger partial charge in [-0.1, -0.05) is 31.5 Å². The lowest BCUT2D eigenvalue weighted by Gasteiger charge is -2.23. The van der Waals surface area contributed by atoms with Crippen LogP contribution in [0.4, 0.5) is 0 Å². The molecule has 1 rings (SSSR count). The topological polar surface area (TPSA) is 57.6 Å². The molecule has 1 aromatic carbocycles. The molecule has 0 fully saturated rings. The minimum Gasteiger partial charge on any atom is -0.481 e. The zero-order chi connectivity index (χ0) is 15.1. The minimum atomic E-state index is -0.878. The van der Waals surface area contributed by atoms with Gasteiger partial charge in [0.25, 0.3) is 5.91 Å². The lowest BCUT2D eigenvalue weighted by Crippen LogP contribution is -2.34. The van der Waals surface area contributed by atoms with Crippen molar-refractivity contribution in [1.29, 1.82) is 0 Å². The first-order valence-electron chi connectivity index (χ1n) is 6.98. The Morgan fingerprint density at radius 3 is 2.25 bits per heavy atom. The third-order valence-electron chi connectivity index (χ3n) is 3.16. The molecule has 4 heteroatoms. The number of rotatable bonds is 7. The molecule has 20 heavy (non-hydrogen) atoms. The average molecular weight is 277 g/mol. The highest BCUT2D eigenvalue weighted by Crippen LogP contribution is 2.10. The molecular weight excluding hydrogens is 254 g/mol. The van der Waals surface area contributed by atoms with Crippen LogP contribution in [0.5, 0.6) is 0 Å². The second-order valence-corrected chi connectivity index (χ2v) is 5.48. The number of hydrogen-bond donors (Lipinski definition) is 1. The van der Waals surface area contributed by atoms with Crippen LogP contribution in [-0.4, -0.2) is 35.0 Å². The summed E-state index contributed by atoms with van der Waals surface area (Å²) in [5, 5.41) is 8.79. The van der Waals surface area contributed by atoms with E-state index in [1.807, 2.05) is 19.1 Å². The maximum Gasteiger partial charge on any atom is 0.305 e. The highest BCUT2D eigenvalue weighted by atomic mass is 16.4. The van der Waals surface area contributed by atoms with Crippen molar-refractivity contribution in [2.45, 2.75) is 33.6 Å². The first-order chi connectivity index (χ1) is 9.40. The predicted octanol–water partition coefficient (Wildman–Crippen LogP) is 2.96. The zero-order valence-corrected chi connectivity index (χ0v) is 12.4. The predicted molar refractivity (Wildman–Crippen MR) is 78.8 cm³/mol. The number of nitrogens with zero attached hydrogens (tertiary/aromatic N) is 1. The number of benzene rings is 1. The lowest BCUT2D eigenvalue weighted by molar-refractivity contribution is -0.137. The average Bonchev–Trinajstić information content (AvgIpc) is 2.38. The molecule has 0 atom stereocenters. The monoisotopic (exact) mass is 277 g/mol. The van der Waals surface area contributed by atoms with Crippen molar-refractivity contribution in [3.63, 3.8) is 0 Å². The number of carbonyl (C=O) groups is 2. The van der Waals surface area contributed by atoms with Gasteiger partial charge in [-0.25, -0.2) is 0 Å². The van der Waals surface area contributed by atoms with E-state index < -0.39 is 5.97 Å². The van der Waals surface area contributed by atoms with E-state index in [1.54, 1.807) is 17.0 Å². The fourth-order valence-corrected chi connectivity index (χ4v) is 1.84. The van der Waals surface area contributed by atoms with Gasteiger partial charge in [-0.3, -0.25) is 9.59 Å². The van der Waals surface area contributed by atoms with Gasteiger partial charge >= 0.3 is 5.97 Å². The molecule has 0 saturated carbocycles. The third-order valence-corrected chi connectivity index (χ3v) is 3.16. The standard InChI is InChI=1S/C16H23NO3/c1-12(2)8-10-17(11-9-15(18)19)16(20)14-6-4-13(3)5-7-14/h4-7,12H,8-11H2,1-3H3,(H,18,19). The molecule has 0 aliphatic carbocycles. The molecule has 0 heterocycles. The molecule has 0 aromatic heterocycles. The summed E-state index contributed by atoms with van der Waals surface area (Å²) < 4.78 is 0. The number of carbonyl (C=O) groups excluding carboxylic acids is 1. The van der Waals surface area contributed by atoms with Crippen molar-refractivity contribution < 1.29 is 14.7 Å². The SMILES string of the molecule is Cc1ccc(C(=O)N(CCC(=O)O)CCC(C)C)cc1. The van der Waals surface area contributed by atoms with Crippen LogP contribution in [0.15, 0.2) is 24.3 Å². The van der Waals surface area contributed by atoms with Crippen LogP contribution in [0, 0.1) is 12.8 Å². The van der Waals surface area contributed by atoms with E-state index in [2.05, 4.69) is 13.8 Å². The van der Waals surface area contributed by atoms with Crippen LogP contribution < -0.4 is 0 Å². The van der Waals surface area contributed by atoms with E-state index in [0.29, 0.717) is 18.0 Å². The van der Waals surface area contributed by atoms with E-state index in [-0.39, 0.29) is 18.9 Å². The van der Waals surface area contributed by atoms with Crippen LogP contribution in [0.1, 0.15) is 42.6 Å². The first-order valence-corrected chi connectivity index (χ1v) is 6.98. The van der Waals surface area contributed by atoms with Crippen LogP contribution >= 0.6 is 0 Å². The Morgan fingerprint density at radius 1 is 1.15 bits per heavy atom. The molecule has 1 N–H and O–H groups in total. The van der Waals surface area contributed by atoms with E-state index in [4.69, 9.17) is 5.11 Å². The van der Waals surface area contributed by atoms with E-state index in [0.717, 1.165) is 12.0 Å². The molecule has 0 aliphatic rings. The Balaban J connectivity index is 2.76. The van der Waals surface area contributed by atoms with Crippen LogP contribution in [0.2, 0.25) is 0 Å². The Hall–Kier alpha value is -1.84. The van der Waals surface area contributed by atoms with Gasteiger partial charge in [-0.15, -0.1) is 0 Å². The van der Waals surface area contributed by atoms with Gasteiger partial charge in [0.15, 0.2) is 0 Å². The Morgan fingerprint density at radius 2 is 1.75 bits per heavy atom. The molecule has 0 unspecified atom stereocenters. The number of aryl methyl sites for hydroxylation is 1. The molecule has 4 nitrogen and oxygen atoms in total. The Kier molecular flexibility index (Phi) is 6.22. The Bertz CT molecular complexity index is 451. The van der Waals surface area contributed by atoms with Gasteiger partial charge in [0.05, 0.1) is 6.42 Å². The fourth-order valence-electron chi connectivity index (χ4n) is 1.84. The van der Waals surface area contributed by atoms with Gasteiger partial charge in [-0.2, -0.15) is 0 Å². The van der Waals surface area contributed by atoms with Gasteiger partial charge < -0.3 is 10.0 Å². The largest absolute Gasteiger partial charge is 0.481 e. The van der Waals surface area contributed by atoms with Crippen LogP contribution in [-0.2, 0) is 4.79 Å². The number of aliphatic carboxylic acids is 1. The summed E-state index contributed by atoms with van der Waals surface area (Å²) in [5.74, 6) is -0.490. The van der Waals surface area contributed by atoms with Crippen molar-refractivity contribution in [3.05, 3.63) is 35.4 Å². The molecule has 110 valence electrons. The van der Waals surface area contributed by atoms with E-state index in [1.165, 1.54) is 0 Å². The fraction of sp³-hybridized carbons (Fsp3) is 0.500.